The summed E-state index contributed by atoms with van der Waals surface area (Å²) < 4.78 is 4.88. The maximum atomic E-state index is 11.6. The van der Waals surface area contributed by atoms with Gasteiger partial charge in [0.25, 0.3) is 0 Å². The lowest BCUT2D eigenvalue weighted by molar-refractivity contribution is 0.0525. The first-order chi connectivity index (χ1) is 11.4. The summed E-state index contributed by atoms with van der Waals surface area (Å²) in [5.41, 5.74) is 1.36. The highest BCUT2D eigenvalue weighted by Gasteiger charge is 2.13. The standard InChI is InChI=1S/C17H16N2O5/c1-3-24-17(23)11-4-6-12(7-5-11)18-19-13-8-10(2)15(20)14(9-13)16(21)22/h4-9,20H,3H2,1-2H3,(H,21,22). The number of benzene rings is 2. The highest BCUT2D eigenvalue weighted by Crippen LogP contribution is 2.29. The van der Waals surface area contributed by atoms with Crippen LogP contribution in [0.4, 0.5) is 11.4 Å². The number of carboxylic acids is 1. The number of carbonyl (C=O) groups is 2. The number of phenols is 1. The molecule has 2 rings (SSSR count). The molecule has 0 saturated heterocycles. The highest BCUT2D eigenvalue weighted by atomic mass is 16.5. The Kier molecular flexibility index (Phi) is 5.26. The Labute approximate surface area is 138 Å². The molecule has 2 N–H and O–H groups in total. The third-order valence-electron chi connectivity index (χ3n) is 3.18. The lowest BCUT2D eigenvalue weighted by Crippen LogP contribution is -2.03. The molecule has 0 unspecified atom stereocenters. The fourth-order valence-corrected chi connectivity index (χ4v) is 1.98. The molecule has 0 aliphatic rings. The van der Waals surface area contributed by atoms with Crippen LogP contribution in [0, 0.1) is 6.92 Å². The number of nitrogens with zero attached hydrogens (tertiary/aromatic N) is 2. The fraction of sp³-hybridized carbons (Fsp3) is 0.176. The van der Waals surface area contributed by atoms with Gasteiger partial charge in [0.05, 0.1) is 23.5 Å². The van der Waals surface area contributed by atoms with Crippen molar-refractivity contribution in [2.75, 3.05) is 6.61 Å². The van der Waals surface area contributed by atoms with Gasteiger partial charge in [0.1, 0.15) is 11.3 Å². The first-order valence-electron chi connectivity index (χ1n) is 7.18. The molecular weight excluding hydrogens is 312 g/mol. The number of carbonyl (C=O) groups excluding carboxylic acids is 1. The minimum Gasteiger partial charge on any atom is -0.507 e. The second-order valence-corrected chi connectivity index (χ2v) is 4.93. The predicted molar refractivity (Wildman–Crippen MR) is 86.4 cm³/mol. The van der Waals surface area contributed by atoms with Crippen LogP contribution in [0.2, 0.25) is 0 Å². The van der Waals surface area contributed by atoms with Gasteiger partial charge < -0.3 is 14.9 Å². The van der Waals surface area contributed by atoms with E-state index in [1.54, 1.807) is 38.1 Å². The molecule has 7 nitrogen and oxygen atoms in total. The number of ether oxygens (including phenoxy) is 1. The number of rotatable bonds is 5. The molecule has 0 radical (unpaired) electrons. The van der Waals surface area contributed by atoms with Crippen molar-refractivity contribution in [1.29, 1.82) is 0 Å². The summed E-state index contributed by atoms with van der Waals surface area (Å²) in [6.45, 7) is 3.60. The third-order valence-corrected chi connectivity index (χ3v) is 3.18. The van der Waals surface area contributed by atoms with Crippen molar-refractivity contribution in [2.45, 2.75) is 13.8 Å². The minimum atomic E-state index is -1.24. The quantitative estimate of drug-likeness (QED) is 0.637. The summed E-state index contributed by atoms with van der Waals surface area (Å²) in [6, 6.07) is 9.09. The van der Waals surface area contributed by atoms with Crippen LogP contribution in [-0.4, -0.2) is 28.8 Å². The summed E-state index contributed by atoms with van der Waals surface area (Å²) in [5.74, 6) is -1.95. The molecule has 0 bridgehead atoms. The number of aromatic hydroxyl groups is 1. The third kappa shape index (κ3) is 3.95. The van der Waals surface area contributed by atoms with Crippen LogP contribution < -0.4 is 0 Å². The van der Waals surface area contributed by atoms with E-state index in [4.69, 9.17) is 9.84 Å². The number of hydrogen-bond donors (Lipinski definition) is 2. The lowest BCUT2D eigenvalue weighted by Gasteiger charge is -2.04. The van der Waals surface area contributed by atoms with Crippen molar-refractivity contribution in [3.63, 3.8) is 0 Å². The fourth-order valence-electron chi connectivity index (χ4n) is 1.98. The van der Waals surface area contributed by atoms with Crippen molar-refractivity contribution in [3.8, 4) is 5.75 Å². The van der Waals surface area contributed by atoms with E-state index in [2.05, 4.69) is 10.2 Å². The lowest BCUT2D eigenvalue weighted by atomic mass is 10.1. The number of carboxylic acid groups (broad SMARTS) is 1. The first-order valence-corrected chi connectivity index (χ1v) is 7.18. The second kappa shape index (κ2) is 7.36. The minimum absolute atomic E-state index is 0.235. The maximum Gasteiger partial charge on any atom is 0.339 e. The Bertz CT molecular complexity index is 797. The summed E-state index contributed by atoms with van der Waals surface area (Å²) >= 11 is 0. The van der Waals surface area contributed by atoms with Crippen LogP contribution in [0.3, 0.4) is 0 Å². The monoisotopic (exact) mass is 328 g/mol. The molecule has 2 aromatic carbocycles. The molecule has 0 aliphatic carbocycles. The SMILES string of the molecule is CCOC(=O)c1ccc(N=Nc2cc(C)c(O)c(C(=O)O)c2)cc1. The van der Waals surface area contributed by atoms with Crippen LogP contribution in [0.1, 0.15) is 33.2 Å². The Morgan fingerprint density at radius 3 is 2.29 bits per heavy atom. The Morgan fingerprint density at radius 1 is 1.08 bits per heavy atom. The summed E-state index contributed by atoms with van der Waals surface area (Å²) in [4.78, 5) is 22.6. The van der Waals surface area contributed by atoms with Gasteiger partial charge in [-0.1, -0.05) is 0 Å². The molecular formula is C17H16N2O5. The van der Waals surface area contributed by atoms with E-state index in [1.165, 1.54) is 12.1 Å². The number of esters is 1. The zero-order valence-electron chi connectivity index (χ0n) is 13.2. The van der Waals surface area contributed by atoms with Gasteiger partial charge in [0.15, 0.2) is 0 Å². The van der Waals surface area contributed by atoms with Crippen molar-refractivity contribution in [3.05, 3.63) is 53.1 Å². The average molecular weight is 328 g/mol. The molecule has 0 fully saturated rings. The summed E-state index contributed by atoms with van der Waals surface area (Å²) in [7, 11) is 0. The average Bonchev–Trinajstić information content (AvgIpc) is 2.56. The Balaban J connectivity index is 2.22. The van der Waals surface area contributed by atoms with Crippen molar-refractivity contribution < 1.29 is 24.5 Å². The van der Waals surface area contributed by atoms with Gasteiger partial charge in [-0.2, -0.15) is 10.2 Å². The largest absolute Gasteiger partial charge is 0.507 e. The first kappa shape index (κ1) is 17.1. The molecule has 7 heteroatoms. The van der Waals surface area contributed by atoms with Crippen LogP contribution >= 0.6 is 0 Å². The molecule has 0 aliphatic heterocycles. The molecule has 124 valence electrons. The van der Waals surface area contributed by atoms with Gasteiger partial charge in [-0.15, -0.1) is 0 Å². The highest BCUT2D eigenvalue weighted by molar-refractivity contribution is 5.92. The number of hydrogen-bond acceptors (Lipinski definition) is 6. The zero-order valence-corrected chi connectivity index (χ0v) is 13.2. The van der Waals surface area contributed by atoms with E-state index in [-0.39, 0.29) is 11.3 Å². The van der Waals surface area contributed by atoms with E-state index in [1.807, 2.05) is 0 Å². The van der Waals surface area contributed by atoms with E-state index in [0.717, 1.165) is 0 Å². The van der Waals surface area contributed by atoms with E-state index < -0.39 is 11.9 Å². The number of aryl methyl sites for hydroxylation is 1. The van der Waals surface area contributed by atoms with Crippen molar-refractivity contribution in [2.24, 2.45) is 10.2 Å². The van der Waals surface area contributed by atoms with Gasteiger partial charge in [-0.3, -0.25) is 0 Å². The summed E-state index contributed by atoms with van der Waals surface area (Å²) in [5, 5.41) is 26.7. The predicted octanol–water partition coefficient (Wildman–Crippen LogP) is 3.99. The van der Waals surface area contributed by atoms with Gasteiger partial charge >= 0.3 is 11.9 Å². The number of aromatic carboxylic acids is 1. The van der Waals surface area contributed by atoms with Crippen LogP contribution in [0.15, 0.2) is 46.6 Å². The maximum absolute atomic E-state index is 11.6. The van der Waals surface area contributed by atoms with Gasteiger partial charge in [-0.05, 0) is 55.8 Å². The van der Waals surface area contributed by atoms with E-state index in [9.17, 15) is 14.7 Å². The van der Waals surface area contributed by atoms with E-state index in [0.29, 0.717) is 29.1 Å². The molecule has 0 aromatic heterocycles. The second-order valence-electron chi connectivity index (χ2n) is 4.93. The van der Waals surface area contributed by atoms with Gasteiger partial charge in [0, 0.05) is 0 Å². The molecule has 0 spiro atoms. The van der Waals surface area contributed by atoms with Gasteiger partial charge in [-0.25, -0.2) is 9.59 Å². The Morgan fingerprint density at radius 2 is 1.71 bits per heavy atom. The van der Waals surface area contributed by atoms with Crippen LogP contribution in [-0.2, 0) is 4.74 Å². The smallest absolute Gasteiger partial charge is 0.339 e. The number of azo groups is 1. The molecule has 0 amide bonds. The topological polar surface area (TPSA) is 109 Å². The Hall–Kier alpha value is -3.22. The normalized spacial score (nSPS) is 10.8. The van der Waals surface area contributed by atoms with Crippen molar-refractivity contribution >= 4 is 23.3 Å². The molecule has 0 atom stereocenters. The molecule has 2 aromatic rings. The molecule has 0 saturated carbocycles. The van der Waals surface area contributed by atoms with Crippen LogP contribution in [0.5, 0.6) is 5.75 Å². The molecule has 0 heterocycles. The van der Waals surface area contributed by atoms with Gasteiger partial charge in [0.2, 0.25) is 0 Å². The van der Waals surface area contributed by atoms with Crippen LogP contribution in [0.25, 0.3) is 0 Å². The molecule has 24 heavy (non-hydrogen) atoms. The van der Waals surface area contributed by atoms with Crippen molar-refractivity contribution in [1.82, 2.24) is 0 Å². The van der Waals surface area contributed by atoms with E-state index >= 15 is 0 Å². The zero-order chi connectivity index (χ0) is 17.7. The summed E-state index contributed by atoms with van der Waals surface area (Å²) in [6.07, 6.45) is 0.